The number of aromatic hydroxyl groups is 1. The van der Waals surface area contributed by atoms with Gasteiger partial charge in [0.1, 0.15) is 0 Å². The van der Waals surface area contributed by atoms with Gasteiger partial charge < -0.3 is 10.1 Å². The summed E-state index contributed by atoms with van der Waals surface area (Å²) in [6, 6.07) is 6.28. The summed E-state index contributed by atoms with van der Waals surface area (Å²) < 4.78 is 0. The first-order chi connectivity index (χ1) is 7.58. The maximum atomic E-state index is 9.79. The number of hydrogen-bond donors (Lipinski definition) is 2. The van der Waals surface area contributed by atoms with Crippen LogP contribution in [0.5, 0.6) is 5.88 Å². The second-order valence-electron chi connectivity index (χ2n) is 4.31. The number of nitrogens with zero attached hydrogens (tertiary/aromatic N) is 1. The molecule has 0 bridgehead atoms. The predicted molar refractivity (Wildman–Crippen MR) is 67.4 cm³/mol. The Morgan fingerprint density at radius 1 is 1.38 bits per heavy atom. The molecular formula is C13H16N2O. The molecule has 0 aliphatic carbocycles. The number of hydrogen-bond acceptors (Lipinski definition) is 2. The summed E-state index contributed by atoms with van der Waals surface area (Å²) in [5.74, 6) is 0.185. The van der Waals surface area contributed by atoms with Crippen molar-refractivity contribution in [1.82, 2.24) is 4.98 Å². The minimum Gasteiger partial charge on any atom is -0.494 e. The maximum Gasteiger partial charge on any atom is 0.198 e. The number of aliphatic imine (C=N–C) groups is 1. The Morgan fingerprint density at radius 3 is 2.81 bits per heavy atom. The fourth-order valence-electron chi connectivity index (χ4n) is 1.67. The number of benzene rings is 1. The summed E-state index contributed by atoms with van der Waals surface area (Å²) in [6.07, 6.45) is 1.73. The summed E-state index contributed by atoms with van der Waals surface area (Å²) >= 11 is 0. The van der Waals surface area contributed by atoms with E-state index in [1.54, 1.807) is 6.21 Å². The molecule has 84 valence electrons. The third kappa shape index (κ3) is 1.94. The van der Waals surface area contributed by atoms with Crippen molar-refractivity contribution in [2.24, 2.45) is 4.99 Å². The molecule has 3 heteroatoms. The van der Waals surface area contributed by atoms with Crippen LogP contribution in [0.15, 0.2) is 23.2 Å². The van der Waals surface area contributed by atoms with Crippen LogP contribution in [0.25, 0.3) is 10.9 Å². The number of aromatic nitrogens is 1. The van der Waals surface area contributed by atoms with Crippen LogP contribution in [0.2, 0.25) is 0 Å². The second-order valence-corrected chi connectivity index (χ2v) is 4.31. The highest BCUT2D eigenvalue weighted by molar-refractivity contribution is 6.02. The molecule has 0 aliphatic rings. The normalized spacial score (nSPS) is 12.0. The summed E-state index contributed by atoms with van der Waals surface area (Å²) in [7, 11) is 0. The molecule has 0 spiro atoms. The lowest BCUT2D eigenvalue weighted by atomic mass is 10.1. The standard InChI is InChI=1S/C13H16N2O/c1-8(2)14-7-11-10-5-4-9(3)6-12(10)15-13(11)16/h4-8,15-16H,1-3H3. The van der Waals surface area contributed by atoms with Crippen LogP contribution >= 0.6 is 0 Å². The molecule has 2 aromatic rings. The number of aromatic amines is 1. The van der Waals surface area contributed by atoms with Crippen molar-refractivity contribution in [3.8, 4) is 5.88 Å². The van der Waals surface area contributed by atoms with Crippen molar-refractivity contribution in [3.05, 3.63) is 29.3 Å². The number of rotatable bonds is 2. The lowest BCUT2D eigenvalue weighted by molar-refractivity contribution is 0.457. The number of fused-ring (bicyclic) bond motifs is 1. The third-order valence-electron chi connectivity index (χ3n) is 2.48. The largest absolute Gasteiger partial charge is 0.494 e. The third-order valence-corrected chi connectivity index (χ3v) is 2.48. The van der Waals surface area contributed by atoms with Gasteiger partial charge in [0.25, 0.3) is 0 Å². The van der Waals surface area contributed by atoms with Crippen LogP contribution in [-0.2, 0) is 0 Å². The van der Waals surface area contributed by atoms with E-state index >= 15 is 0 Å². The van der Waals surface area contributed by atoms with Crippen LogP contribution in [0.4, 0.5) is 0 Å². The van der Waals surface area contributed by atoms with Gasteiger partial charge in [-0.1, -0.05) is 12.1 Å². The number of H-pyrrole nitrogens is 1. The van der Waals surface area contributed by atoms with Gasteiger partial charge in [-0.3, -0.25) is 4.99 Å². The van der Waals surface area contributed by atoms with E-state index in [9.17, 15) is 5.11 Å². The highest BCUT2D eigenvalue weighted by atomic mass is 16.3. The van der Waals surface area contributed by atoms with Crippen LogP contribution < -0.4 is 0 Å². The fraction of sp³-hybridized carbons (Fsp3) is 0.308. The van der Waals surface area contributed by atoms with Crippen LogP contribution in [-0.4, -0.2) is 22.3 Å². The molecule has 3 nitrogen and oxygen atoms in total. The van der Waals surface area contributed by atoms with Gasteiger partial charge in [-0.25, -0.2) is 0 Å². The molecule has 0 fully saturated rings. The smallest absolute Gasteiger partial charge is 0.198 e. The molecule has 1 heterocycles. The molecular weight excluding hydrogens is 200 g/mol. The first kappa shape index (κ1) is 10.7. The van der Waals surface area contributed by atoms with Crippen molar-refractivity contribution in [2.75, 3.05) is 0 Å². The van der Waals surface area contributed by atoms with E-state index in [0.717, 1.165) is 16.5 Å². The van der Waals surface area contributed by atoms with Gasteiger partial charge in [-0.15, -0.1) is 0 Å². The topological polar surface area (TPSA) is 48.4 Å². The zero-order valence-electron chi connectivity index (χ0n) is 9.78. The minimum absolute atomic E-state index is 0.185. The molecule has 2 N–H and O–H groups in total. The van der Waals surface area contributed by atoms with Gasteiger partial charge in [-0.05, 0) is 32.4 Å². The fourth-order valence-corrected chi connectivity index (χ4v) is 1.67. The van der Waals surface area contributed by atoms with E-state index in [1.807, 2.05) is 39.0 Å². The Balaban J connectivity index is 2.56. The molecule has 0 radical (unpaired) electrons. The zero-order chi connectivity index (χ0) is 11.7. The van der Waals surface area contributed by atoms with Crippen molar-refractivity contribution < 1.29 is 5.11 Å². The maximum absolute atomic E-state index is 9.79. The highest BCUT2D eigenvalue weighted by Gasteiger charge is 2.08. The SMILES string of the molecule is Cc1ccc2c(C=NC(C)C)c(O)[nH]c2c1. The molecule has 0 unspecified atom stereocenters. The van der Waals surface area contributed by atoms with Gasteiger partial charge in [-0.2, -0.15) is 0 Å². The van der Waals surface area contributed by atoms with Gasteiger partial charge in [0.2, 0.25) is 0 Å². The lowest BCUT2D eigenvalue weighted by Crippen LogP contribution is -1.89. The average Bonchev–Trinajstić information content (AvgIpc) is 2.50. The first-order valence-electron chi connectivity index (χ1n) is 5.42. The minimum atomic E-state index is 0.185. The molecule has 1 aromatic heterocycles. The highest BCUT2D eigenvalue weighted by Crippen LogP contribution is 2.26. The molecule has 0 atom stereocenters. The lowest BCUT2D eigenvalue weighted by Gasteiger charge is -1.96. The predicted octanol–water partition coefficient (Wildman–Crippen LogP) is 3.01. The molecule has 0 saturated carbocycles. The Bertz CT molecular complexity index is 538. The van der Waals surface area contributed by atoms with E-state index in [0.29, 0.717) is 0 Å². The van der Waals surface area contributed by atoms with E-state index in [4.69, 9.17) is 0 Å². The van der Waals surface area contributed by atoms with Gasteiger partial charge >= 0.3 is 0 Å². The van der Waals surface area contributed by atoms with Gasteiger partial charge in [0, 0.05) is 23.2 Å². The first-order valence-corrected chi connectivity index (χ1v) is 5.42. The summed E-state index contributed by atoms with van der Waals surface area (Å²) in [6.45, 7) is 6.04. The Kier molecular flexibility index (Phi) is 2.69. The number of nitrogens with one attached hydrogen (secondary N) is 1. The Hall–Kier alpha value is -1.77. The van der Waals surface area contributed by atoms with E-state index in [-0.39, 0.29) is 11.9 Å². The van der Waals surface area contributed by atoms with Gasteiger partial charge in [0.15, 0.2) is 5.88 Å². The zero-order valence-corrected chi connectivity index (χ0v) is 9.78. The molecule has 1 aromatic carbocycles. The molecule has 2 rings (SSSR count). The Morgan fingerprint density at radius 2 is 2.12 bits per heavy atom. The van der Waals surface area contributed by atoms with Crippen LogP contribution in [0.1, 0.15) is 25.0 Å². The molecule has 0 saturated heterocycles. The van der Waals surface area contributed by atoms with E-state index < -0.39 is 0 Å². The molecule has 0 aliphatic heterocycles. The van der Waals surface area contributed by atoms with Crippen molar-refractivity contribution in [3.63, 3.8) is 0 Å². The average molecular weight is 216 g/mol. The van der Waals surface area contributed by atoms with Crippen molar-refractivity contribution in [1.29, 1.82) is 0 Å². The number of aryl methyl sites for hydroxylation is 1. The molecule has 0 amide bonds. The summed E-state index contributed by atoms with van der Waals surface area (Å²) in [5, 5.41) is 10.8. The van der Waals surface area contributed by atoms with Crippen molar-refractivity contribution in [2.45, 2.75) is 26.8 Å². The van der Waals surface area contributed by atoms with E-state index in [2.05, 4.69) is 9.98 Å². The summed E-state index contributed by atoms with van der Waals surface area (Å²) in [4.78, 5) is 7.25. The second kappa shape index (κ2) is 4.00. The van der Waals surface area contributed by atoms with Crippen molar-refractivity contribution >= 4 is 17.1 Å². The van der Waals surface area contributed by atoms with Crippen LogP contribution in [0, 0.1) is 6.92 Å². The quantitative estimate of drug-likeness (QED) is 0.745. The monoisotopic (exact) mass is 216 g/mol. The summed E-state index contributed by atoms with van der Waals surface area (Å²) in [5.41, 5.74) is 2.88. The molecule has 16 heavy (non-hydrogen) atoms. The van der Waals surface area contributed by atoms with E-state index in [1.165, 1.54) is 5.56 Å². The Labute approximate surface area is 94.8 Å². The van der Waals surface area contributed by atoms with Crippen LogP contribution in [0.3, 0.4) is 0 Å². The van der Waals surface area contributed by atoms with Gasteiger partial charge in [0.05, 0.1) is 5.56 Å².